The average molecular weight is 386 g/mol. The molecule has 5 heteroatoms. The van der Waals surface area contributed by atoms with Crippen LogP contribution in [0.2, 0.25) is 0 Å². The van der Waals surface area contributed by atoms with E-state index in [2.05, 4.69) is 41.7 Å². The highest BCUT2D eigenvalue weighted by atomic mass is 16.5. The Labute approximate surface area is 169 Å². The van der Waals surface area contributed by atoms with Crippen LogP contribution in [0.3, 0.4) is 0 Å². The van der Waals surface area contributed by atoms with E-state index >= 15 is 0 Å². The van der Waals surface area contributed by atoms with Crippen molar-refractivity contribution in [3.05, 3.63) is 87.7 Å². The second-order valence-electron chi connectivity index (χ2n) is 7.96. The van der Waals surface area contributed by atoms with Crippen LogP contribution in [0.5, 0.6) is 5.75 Å². The first-order chi connectivity index (χ1) is 14.0. The normalized spacial score (nSPS) is 20.8. The summed E-state index contributed by atoms with van der Waals surface area (Å²) in [5.74, 6) is 0.683. The first-order valence-corrected chi connectivity index (χ1v) is 9.87. The maximum atomic E-state index is 13.4. The number of nitrogens with one attached hydrogen (secondary N) is 1. The van der Waals surface area contributed by atoms with Crippen LogP contribution in [0.4, 0.5) is 5.88 Å². The van der Waals surface area contributed by atoms with Gasteiger partial charge >= 0.3 is 0 Å². The van der Waals surface area contributed by atoms with Crippen molar-refractivity contribution in [2.45, 2.75) is 38.5 Å². The van der Waals surface area contributed by atoms with Gasteiger partial charge < -0.3 is 14.9 Å². The minimum atomic E-state index is -0.189. The van der Waals surface area contributed by atoms with Crippen molar-refractivity contribution in [2.75, 3.05) is 5.32 Å². The summed E-state index contributed by atoms with van der Waals surface area (Å²) in [7, 11) is 0. The second kappa shape index (κ2) is 6.62. The summed E-state index contributed by atoms with van der Waals surface area (Å²) in [4.78, 5) is 13.4. The maximum Gasteiger partial charge on any atom is 0.233 e. The van der Waals surface area contributed by atoms with Crippen molar-refractivity contribution < 1.29 is 14.4 Å². The molecule has 1 aliphatic carbocycles. The topological polar surface area (TPSA) is 75.4 Å². The fraction of sp³-hybridized carbons (Fsp3) is 0.250. The molecule has 1 aromatic heterocycles. The van der Waals surface area contributed by atoms with E-state index in [0.717, 1.165) is 33.7 Å². The Bertz CT molecular complexity index is 1140. The molecule has 3 aromatic rings. The monoisotopic (exact) mass is 386 g/mol. The predicted octanol–water partition coefficient (Wildman–Crippen LogP) is 4.96. The number of hydrogen-bond donors (Lipinski definition) is 2. The Morgan fingerprint density at radius 1 is 1.07 bits per heavy atom. The molecule has 2 N–H and O–H groups in total. The van der Waals surface area contributed by atoms with E-state index in [1.165, 1.54) is 5.56 Å². The number of carbonyl (C=O) groups is 1. The van der Waals surface area contributed by atoms with Gasteiger partial charge in [0.15, 0.2) is 5.78 Å². The number of para-hydroxylation sites is 1. The van der Waals surface area contributed by atoms with Gasteiger partial charge in [-0.1, -0.05) is 53.2 Å². The van der Waals surface area contributed by atoms with Gasteiger partial charge in [0, 0.05) is 29.5 Å². The summed E-state index contributed by atoms with van der Waals surface area (Å²) in [5, 5.41) is 17.8. The number of allylic oxidation sites excluding steroid dienone is 2. The molecule has 2 aliphatic rings. The summed E-state index contributed by atoms with van der Waals surface area (Å²) >= 11 is 0. The molecule has 29 heavy (non-hydrogen) atoms. The van der Waals surface area contributed by atoms with Gasteiger partial charge in [-0.15, -0.1) is 0 Å². The zero-order valence-electron chi connectivity index (χ0n) is 16.4. The maximum absolute atomic E-state index is 13.4. The summed E-state index contributed by atoms with van der Waals surface area (Å²) in [6.07, 6.45) is 1.01. The van der Waals surface area contributed by atoms with Gasteiger partial charge in [0.2, 0.25) is 5.88 Å². The van der Waals surface area contributed by atoms with Gasteiger partial charge in [0.1, 0.15) is 5.75 Å². The van der Waals surface area contributed by atoms with E-state index < -0.39 is 0 Å². The molecule has 0 amide bonds. The van der Waals surface area contributed by atoms with Crippen LogP contribution >= 0.6 is 0 Å². The zero-order chi connectivity index (χ0) is 20.1. The van der Waals surface area contributed by atoms with Gasteiger partial charge in [-0.2, -0.15) is 0 Å². The SMILES string of the molecule is Cc1ccc(C2C3=C(CC(c4ccccc4O)CC3=O)Nc3onc(C)c32)cc1. The molecule has 0 saturated heterocycles. The molecular weight excluding hydrogens is 364 g/mol. The Kier molecular flexibility index (Phi) is 4.05. The van der Waals surface area contributed by atoms with Crippen LogP contribution in [-0.4, -0.2) is 16.0 Å². The van der Waals surface area contributed by atoms with Gasteiger partial charge in [-0.3, -0.25) is 4.79 Å². The van der Waals surface area contributed by atoms with Gasteiger partial charge in [0.05, 0.1) is 11.3 Å². The Hall–Kier alpha value is -3.34. The Balaban J connectivity index is 1.63. The summed E-state index contributed by atoms with van der Waals surface area (Å²) in [5.41, 5.74) is 6.42. The lowest BCUT2D eigenvalue weighted by molar-refractivity contribution is -0.116. The van der Waals surface area contributed by atoms with Crippen LogP contribution in [-0.2, 0) is 4.79 Å². The molecule has 1 aliphatic heterocycles. The highest BCUT2D eigenvalue weighted by molar-refractivity contribution is 6.01. The molecule has 2 unspecified atom stereocenters. The Morgan fingerprint density at radius 3 is 2.59 bits per heavy atom. The Morgan fingerprint density at radius 2 is 1.83 bits per heavy atom. The van der Waals surface area contributed by atoms with Crippen LogP contribution in [0.15, 0.2) is 64.3 Å². The molecule has 0 saturated carbocycles. The lowest BCUT2D eigenvalue weighted by Gasteiger charge is -2.34. The molecule has 5 nitrogen and oxygen atoms in total. The quantitative estimate of drug-likeness (QED) is 0.651. The number of aryl methyl sites for hydroxylation is 2. The number of anilines is 1. The number of aromatic hydroxyl groups is 1. The molecule has 0 bridgehead atoms. The highest BCUT2D eigenvalue weighted by Crippen LogP contribution is 2.49. The third-order valence-corrected chi connectivity index (χ3v) is 6.05. The minimum absolute atomic E-state index is 0.0702. The number of rotatable bonds is 2. The predicted molar refractivity (Wildman–Crippen MR) is 110 cm³/mol. The molecule has 5 rings (SSSR count). The number of aromatic nitrogens is 1. The molecule has 0 fully saturated rings. The fourth-order valence-corrected chi connectivity index (χ4v) is 4.62. The molecule has 2 atom stereocenters. The van der Waals surface area contributed by atoms with Crippen LogP contribution < -0.4 is 5.32 Å². The summed E-state index contributed by atoms with van der Waals surface area (Å²) in [6.45, 7) is 3.96. The number of carbonyl (C=O) groups excluding carboxylic acids is 1. The number of benzene rings is 2. The molecule has 146 valence electrons. The van der Waals surface area contributed by atoms with Gasteiger partial charge in [-0.05, 0) is 37.5 Å². The van der Waals surface area contributed by atoms with Crippen molar-refractivity contribution in [3.8, 4) is 5.75 Å². The standard InChI is InChI=1S/C24H22N2O3/c1-13-7-9-15(10-8-13)22-21-14(2)26-29-24(21)25-18-11-16(12-20(28)23(18)22)17-5-3-4-6-19(17)27/h3-10,16,22,25,27H,11-12H2,1-2H3. The van der Waals surface area contributed by atoms with Crippen molar-refractivity contribution in [1.29, 1.82) is 0 Å². The summed E-state index contributed by atoms with van der Waals surface area (Å²) in [6, 6.07) is 15.5. The fourth-order valence-electron chi connectivity index (χ4n) is 4.62. The molecular formula is C24H22N2O3. The number of nitrogens with zero attached hydrogens (tertiary/aromatic N) is 1. The van der Waals surface area contributed by atoms with Crippen molar-refractivity contribution in [1.82, 2.24) is 5.16 Å². The first kappa shape index (κ1) is 17.7. The van der Waals surface area contributed by atoms with Gasteiger partial charge in [-0.25, -0.2) is 0 Å². The molecule has 2 aromatic carbocycles. The second-order valence-corrected chi connectivity index (χ2v) is 7.96. The van der Waals surface area contributed by atoms with E-state index in [1.807, 2.05) is 19.1 Å². The van der Waals surface area contributed by atoms with E-state index in [1.54, 1.807) is 12.1 Å². The lowest BCUT2D eigenvalue weighted by atomic mass is 9.72. The number of phenols is 1. The van der Waals surface area contributed by atoms with E-state index in [4.69, 9.17) is 4.52 Å². The number of ketones is 1. The largest absolute Gasteiger partial charge is 0.508 e. The number of phenolic OH excluding ortho intramolecular Hbond substituents is 1. The first-order valence-electron chi connectivity index (χ1n) is 9.87. The van der Waals surface area contributed by atoms with Crippen LogP contribution in [0.1, 0.15) is 52.6 Å². The molecule has 0 spiro atoms. The number of Topliss-reactive ketones (excluding diaryl/α,β-unsaturated/α-hetero) is 1. The molecule has 0 radical (unpaired) electrons. The third-order valence-electron chi connectivity index (χ3n) is 6.05. The lowest BCUT2D eigenvalue weighted by Crippen LogP contribution is -2.29. The number of fused-ring (bicyclic) bond motifs is 1. The van der Waals surface area contributed by atoms with E-state index in [0.29, 0.717) is 18.7 Å². The third kappa shape index (κ3) is 2.85. The number of hydrogen-bond acceptors (Lipinski definition) is 5. The van der Waals surface area contributed by atoms with Crippen LogP contribution in [0.25, 0.3) is 0 Å². The van der Waals surface area contributed by atoms with E-state index in [9.17, 15) is 9.90 Å². The highest BCUT2D eigenvalue weighted by Gasteiger charge is 2.41. The van der Waals surface area contributed by atoms with Gasteiger partial charge in [0.25, 0.3) is 0 Å². The van der Waals surface area contributed by atoms with Crippen LogP contribution in [0, 0.1) is 13.8 Å². The zero-order valence-corrected chi connectivity index (χ0v) is 16.4. The van der Waals surface area contributed by atoms with Crippen molar-refractivity contribution >= 4 is 11.7 Å². The van der Waals surface area contributed by atoms with E-state index in [-0.39, 0.29) is 23.4 Å². The van der Waals surface area contributed by atoms with Crippen molar-refractivity contribution in [3.63, 3.8) is 0 Å². The smallest absolute Gasteiger partial charge is 0.233 e. The average Bonchev–Trinajstić information content (AvgIpc) is 3.08. The molecule has 2 heterocycles. The minimum Gasteiger partial charge on any atom is -0.508 e. The van der Waals surface area contributed by atoms with Crippen molar-refractivity contribution in [2.24, 2.45) is 0 Å². The summed E-state index contributed by atoms with van der Waals surface area (Å²) < 4.78 is 5.56.